The van der Waals surface area contributed by atoms with Crippen LogP contribution in [0.25, 0.3) is 0 Å². The summed E-state index contributed by atoms with van der Waals surface area (Å²) in [6.45, 7) is 0. The Labute approximate surface area is 104 Å². The summed E-state index contributed by atoms with van der Waals surface area (Å²) >= 11 is 0. The van der Waals surface area contributed by atoms with Gasteiger partial charge in [0.15, 0.2) is 0 Å². The number of carboxylic acid groups (broad SMARTS) is 1. The second kappa shape index (κ2) is 6.39. The first kappa shape index (κ1) is 13.7. The highest BCUT2D eigenvalue weighted by Crippen LogP contribution is 2.02. The Bertz CT molecular complexity index is 445. The smallest absolute Gasteiger partial charge is 0.326 e. The van der Waals surface area contributed by atoms with Gasteiger partial charge in [-0.05, 0) is 18.6 Å². The molecule has 6 nitrogen and oxygen atoms in total. The third-order valence-corrected chi connectivity index (χ3v) is 2.32. The summed E-state index contributed by atoms with van der Waals surface area (Å²) in [4.78, 5) is 33.2. The number of rotatable bonds is 6. The first-order valence-corrected chi connectivity index (χ1v) is 5.37. The van der Waals surface area contributed by atoms with Gasteiger partial charge in [0.25, 0.3) is 5.91 Å². The Morgan fingerprint density at radius 3 is 2.33 bits per heavy atom. The second-order valence-electron chi connectivity index (χ2n) is 3.74. The van der Waals surface area contributed by atoms with Crippen molar-refractivity contribution in [2.24, 2.45) is 5.73 Å². The van der Waals surface area contributed by atoms with Crippen LogP contribution < -0.4 is 11.1 Å². The lowest BCUT2D eigenvalue weighted by atomic mass is 10.1. The molecule has 1 aromatic rings. The first-order valence-electron chi connectivity index (χ1n) is 5.37. The second-order valence-corrected chi connectivity index (χ2v) is 3.74. The average molecular weight is 250 g/mol. The summed E-state index contributed by atoms with van der Waals surface area (Å²) < 4.78 is 0. The molecule has 0 fully saturated rings. The number of hydrogen-bond donors (Lipinski definition) is 3. The monoisotopic (exact) mass is 250 g/mol. The summed E-state index contributed by atoms with van der Waals surface area (Å²) in [6.07, 6.45) is -0.116. The fraction of sp³-hybridized carbons (Fsp3) is 0.250. The molecule has 0 aromatic heterocycles. The third-order valence-electron chi connectivity index (χ3n) is 2.32. The molecule has 0 aliphatic carbocycles. The van der Waals surface area contributed by atoms with Crippen LogP contribution in [0.15, 0.2) is 30.3 Å². The molecule has 0 aliphatic heterocycles. The van der Waals surface area contributed by atoms with Crippen LogP contribution in [0.1, 0.15) is 23.2 Å². The topological polar surface area (TPSA) is 109 Å². The number of hydrogen-bond acceptors (Lipinski definition) is 3. The average Bonchev–Trinajstić information content (AvgIpc) is 2.34. The van der Waals surface area contributed by atoms with Gasteiger partial charge in [0, 0.05) is 12.0 Å². The highest BCUT2D eigenvalue weighted by molar-refractivity contribution is 5.96. The van der Waals surface area contributed by atoms with Crippen LogP contribution in [0.5, 0.6) is 0 Å². The van der Waals surface area contributed by atoms with E-state index in [-0.39, 0.29) is 12.8 Å². The zero-order valence-corrected chi connectivity index (χ0v) is 9.63. The van der Waals surface area contributed by atoms with Gasteiger partial charge >= 0.3 is 5.97 Å². The summed E-state index contributed by atoms with van der Waals surface area (Å²) in [5.74, 6) is -2.29. The molecule has 18 heavy (non-hydrogen) atoms. The number of nitrogens with two attached hydrogens (primary N) is 1. The van der Waals surface area contributed by atoms with Gasteiger partial charge in [-0.3, -0.25) is 9.59 Å². The molecule has 0 unspecified atom stereocenters. The van der Waals surface area contributed by atoms with Crippen molar-refractivity contribution in [2.75, 3.05) is 0 Å². The van der Waals surface area contributed by atoms with Crippen molar-refractivity contribution in [1.82, 2.24) is 5.32 Å². The number of primary amides is 1. The molecule has 0 bridgehead atoms. The van der Waals surface area contributed by atoms with Gasteiger partial charge in [0.05, 0.1) is 0 Å². The molecule has 0 saturated carbocycles. The SMILES string of the molecule is NC(=O)CC[C@@H](NC(=O)c1ccccc1)C(=O)O. The van der Waals surface area contributed by atoms with E-state index in [0.717, 1.165) is 0 Å². The minimum Gasteiger partial charge on any atom is -0.480 e. The van der Waals surface area contributed by atoms with Crippen molar-refractivity contribution in [2.45, 2.75) is 18.9 Å². The summed E-state index contributed by atoms with van der Waals surface area (Å²) in [7, 11) is 0. The Kier molecular flexibility index (Phi) is 4.86. The lowest BCUT2D eigenvalue weighted by molar-refractivity contribution is -0.139. The molecule has 1 aromatic carbocycles. The van der Waals surface area contributed by atoms with Gasteiger partial charge in [0.2, 0.25) is 5.91 Å². The molecule has 1 rings (SSSR count). The number of carboxylic acids is 1. The summed E-state index contributed by atoms with van der Waals surface area (Å²) in [5, 5.41) is 11.3. The van der Waals surface area contributed by atoms with Crippen molar-refractivity contribution in [3.8, 4) is 0 Å². The molecule has 4 N–H and O–H groups in total. The Hall–Kier alpha value is -2.37. The Balaban J connectivity index is 2.64. The van der Waals surface area contributed by atoms with Crippen LogP contribution in [-0.2, 0) is 9.59 Å². The van der Waals surface area contributed by atoms with Crippen LogP contribution in [0.3, 0.4) is 0 Å². The minimum atomic E-state index is -1.19. The highest BCUT2D eigenvalue weighted by Gasteiger charge is 2.20. The van der Waals surface area contributed by atoms with Gasteiger partial charge in [-0.25, -0.2) is 4.79 Å². The van der Waals surface area contributed by atoms with Gasteiger partial charge < -0.3 is 16.2 Å². The van der Waals surface area contributed by atoms with E-state index < -0.39 is 23.8 Å². The zero-order chi connectivity index (χ0) is 13.5. The fourth-order valence-corrected chi connectivity index (χ4v) is 1.38. The fourth-order valence-electron chi connectivity index (χ4n) is 1.38. The van der Waals surface area contributed by atoms with E-state index in [0.29, 0.717) is 5.56 Å². The molecule has 0 heterocycles. The first-order chi connectivity index (χ1) is 8.50. The summed E-state index contributed by atoms with van der Waals surface area (Å²) in [5.41, 5.74) is 5.30. The van der Waals surface area contributed by atoms with Crippen molar-refractivity contribution in [3.05, 3.63) is 35.9 Å². The highest BCUT2D eigenvalue weighted by atomic mass is 16.4. The predicted molar refractivity (Wildman–Crippen MR) is 63.8 cm³/mol. The number of benzene rings is 1. The molecular formula is C12H14N2O4. The molecular weight excluding hydrogens is 236 g/mol. The normalized spacial score (nSPS) is 11.6. The maximum absolute atomic E-state index is 11.7. The van der Waals surface area contributed by atoms with E-state index in [9.17, 15) is 14.4 Å². The quantitative estimate of drug-likeness (QED) is 0.666. The van der Waals surface area contributed by atoms with Gasteiger partial charge in [0.1, 0.15) is 6.04 Å². The molecule has 2 amide bonds. The molecule has 0 aliphatic rings. The number of aliphatic carboxylic acids is 1. The molecule has 0 spiro atoms. The van der Waals surface area contributed by atoms with Crippen molar-refractivity contribution in [3.63, 3.8) is 0 Å². The van der Waals surface area contributed by atoms with E-state index >= 15 is 0 Å². The molecule has 96 valence electrons. The van der Waals surface area contributed by atoms with Crippen LogP contribution >= 0.6 is 0 Å². The number of carbonyl (C=O) groups is 3. The molecule has 0 saturated heterocycles. The maximum atomic E-state index is 11.7. The molecule has 1 atom stereocenters. The van der Waals surface area contributed by atoms with E-state index in [1.807, 2.05) is 0 Å². The van der Waals surface area contributed by atoms with Gasteiger partial charge in [-0.15, -0.1) is 0 Å². The zero-order valence-electron chi connectivity index (χ0n) is 9.63. The third kappa shape index (κ3) is 4.25. The van der Waals surface area contributed by atoms with E-state index in [4.69, 9.17) is 10.8 Å². The molecule has 0 radical (unpaired) electrons. The van der Waals surface area contributed by atoms with Gasteiger partial charge in [-0.1, -0.05) is 18.2 Å². The largest absolute Gasteiger partial charge is 0.480 e. The van der Waals surface area contributed by atoms with Crippen LogP contribution in [-0.4, -0.2) is 28.9 Å². The van der Waals surface area contributed by atoms with E-state index in [2.05, 4.69) is 5.32 Å². The van der Waals surface area contributed by atoms with E-state index in [1.54, 1.807) is 30.3 Å². The standard InChI is InChI=1S/C12H14N2O4/c13-10(15)7-6-9(12(17)18)14-11(16)8-4-2-1-3-5-8/h1-5,9H,6-7H2,(H2,13,15)(H,14,16)(H,17,18)/t9-/m1/s1. The Morgan fingerprint density at radius 2 is 1.83 bits per heavy atom. The van der Waals surface area contributed by atoms with Crippen molar-refractivity contribution in [1.29, 1.82) is 0 Å². The number of nitrogens with one attached hydrogen (secondary N) is 1. The predicted octanol–water partition coefficient (Wildman–Crippen LogP) is 0.135. The minimum absolute atomic E-state index is 0.0246. The van der Waals surface area contributed by atoms with Crippen LogP contribution in [0.4, 0.5) is 0 Å². The van der Waals surface area contributed by atoms with Gasteiger partial charge in [-0.2, -0.15) is 0 Å². The van der Waals surface area contributed by atoms with Crippen LogP contribution in [0, 0.1) is 0 Å². The van der Waals surface area contributed by atoms with Crippen LogP contribution in [0.2, 0.25) is 0 Å². The number of carbonyl (C=O) groups excluding carboxylic acids is 2. The Morgan fingerprint density at radius 1 is 1.22 bits per heavy atom. The lowest BCUT2D eigenvalue weighted by Gasteiger charge is -2.13. The van der Waals surface area contributed by atoms with Crippen molar-refractivity contribution >= 4 is 17.8 Å². The number of amides is 2. The maximum Gasteiger partial charge on any atom is 0.326 e. The summed E-state index contributed by atoms with van der Waals surface area (Å²) in [6, 6.07) is 7.12. The molecule has 6 heteroatoms. The van der Waals surface area contributed by atoms with Crippen molar-refractivity contribution < 1.29 is 19.5 Å². The van der Waals surface area contributed by atoms with E-state index in [1.165, 1.54) is 0 Å². The lowest BCUT2D eigenvalue weighted by Crippen LogP contribution is -2.41.